The maximum absolute atomic E-state index is 14.9. The highest BCUT2D eigenvalue weighted by Gasteiger charge is 2.24. The highest BCUT2D eigenvalue weighted by atomic mass is 19.1. The highest BCUT2D eigenvalue weighted by molar-refractivity contribution is 5.94. The molecular formula is C22H25FN4O4. The van der Waals surface area contributed by atoms with Gasteiger partial charge >= 0.3 is 12.1 Å². The second-order valence-corrected chi connectivity index (χ2v) is 7.13. The number of piperazine rings is 1. The van der Waals surface area contributed by atoms with Gasteiger partial charge < -0.3 is 25.0 Å². The number of ether oxygens (including phenoxy) is 2. The van der Waals surface area contributed by atoms with Crippen molar-refractivity contribution in [2.24, 2.45) is 5.73 Å². The number of nitrogens with one attached hydrogen (secondary N) is 1. The summed E-state index contributed by atoms with van der Waals surface area (Å²) >= 11 is 0. The van der Waals surface area contributed by atoms with Gasteiger partial charge in [-0.3, -0.25) is 10.2 Å². The Kier molecular flexibility index (Phi) is 7.42. The lowest BCUT2D eigenvalue weighted by molar-refractivity contribution is -0.143. The smallest absolute Gasteiger partial charge is 0.410 e. The lowest BCUT2D eigenvalue weighted by Gasteiger charge is -2.35. The van der Waals surface area contributed by atoms with Gasteiger partial charge in [-0.1, -0.05) is 42.5 Å². The van der Waals surface area contributed by atoms with E-state index in [0.717, 1.165) is 5.56 Å². The molecule has 0 saturated carbocycles. The lowest BCUT2D eigenvalue weighted by atomic mass is 10.1. The Bertz CT molecular complexity index is 930. The van der Waals surface area contributed by atoms with Crippen LogP contribution < -0.4 is 10.6 Å². The van der Waals surface area contributed by atoms with Crippen LogP contribution in [0.5, 0.6) is 0 Å². The zero-order valence-electron chi connectivity index (χ0n) is 17.1. The Hall–Kier alpha value is -3.62. The average Bonchev–Trinajstić information content (AvgIpc) is 2.77. The van der Waals surface area contributed by atoms with Crippen molar-refractivity contribution in [3.8, 4) is 0 Å². The molecule has 1 amide bonds. The maximum atomic E-state index is 14.9. The van der Waals surface area contributed by atoms with Crippen molar-refractivity contribution in [3.63, 3.8) is 0 Å². The summed E-state index contributed by atoms with van der Waals surface area (Å²) in [5.41, 5.74) is 6.70. The first-order chi connectivity index (χ1) is 14.9. The van der Waals surface area contributed by atoms with Gasteiger partial charge in [0, 0.05) is 31.7 Å². The fourth-order valence-corrected chi connectivity index (χ4v) is 3.23. The largest absolute Gasteiger partial charge is 0.460 e. The highest BCUT2D eigenvalue weighted by Crippen LogP contribution is 2.24. The van der Waals surface area contributed by atoms with Gasteiger partial charge in [0.15, 0.2) is 5.82 Å². The quantitative estimate of drug-likeness (QED) is 0.399. The fraction of sp³-hybridized carbons (Fsp3) is 0.318. The van der Waals surface area contributed by atoms with Crippen LogP contribution in [0.25, 0.3) is 0 Å². The number of nitrogens with zero attached hydrogens (tertiary/aromatic N) is 2. The molecule has 1 aliphatic rings. The van der Waals surface area contributed by atoms with Crippen LogP contribution >= 0.6 is 0 Å². The molecule has 31 heavy (non-hydrogen) atoms. The zero-order chi connectivity index (χ0) is 22.2. The van der Waals surface area contributed by atoms with Crippen LogP contribution in [0.2, 0.25) is 0 Å². The summed E-state index contributed by atoms with van der Waals surface area (Å²) in [5, 5.41) is 7.09. The molecule has 0 spiro atoms. The minimum absolute atomic E-state index is 0.207. The van der Waals surface area contributed by atoms with Crippen LogP contribution in [0.4, 0.5) is 14.9 Å². The summed E-state index contributed by atoms with van der Waals surface area (Å²) in [5.74, 6) is -1.46. The molecule has 2 aromatic rings. The Labute approximate surface area is 179 Å². The Morgan fingerprint density at radius 1 is 0.968 bits per heavy atom. The van der Waals surface area contributed by atoms with E-state index < -0.39 is 17.9 Å². The molecule has 8 nitrogen and oxygen atoms in total. The molecule has 0 aliphatic carbocycles. The van der Waals surface area contributed by atoms with E-state index in [1.54, 1.807) is 17.0 Å². The third-order valence-corrected chi connectivity index (χ3v) is 4.87. The van der Waals surface area contributed by atoms with Gasteiger partial charge in [0.05, 0.1) is 5.69 Å². The van der Waals surface area contributed by atoms with Gasteiger partial charge in [-0.15, -0.1) is 0 Å². The van der Waals surface area contributed by atoms with Crippen LogP contribution in [-0.2, 0) is 27.5 Å². The predicted molar refractivity (Wildman–Crippen MR) is 113 cm³/mol. The zero-order valence-corrected chi connectivity index (χ0v) is 17.1. The number of amidine groups is 1. The minimum atomic E-state index is -0.681. The normalized spacial score (nSPS) is 13.6. The van der Waals surface area contributed by atoms with Gasteiger partial charge in [-0.25, -0.2) is 9.18 Å². The molecule has 1 aliphatic heterocycles. The summed E-state index contributed by atoms with van der Waals surface area (Å²) in [6.07, 6.45) is -0.723. The molecule has 0 aromatic heterocycles. The van der Waals surface area contributed by atoms with Gasteiger partial charge in [-0.2, -0.15) is 0 Å². The first kappa shape index (κ1) is 22.1. The standard InChI is InChI=1S/C22H25FN4O4/c23-21-17(15-30-20(28)13-19(24)25)7-4-8-18(21)26-9-11-27(12-10-26)22(29)31-14-16-5-2-1-3-6-16/h1-8H,9-15H2,(H3,24,25). The first-order valence-corrected chi connectivity index (χ1v) is 9.90. The van der Waals surface area contributed by atoms with E-state index >= 15 is 0 Å². The Morgan fingerprint density at radius 3 is 2.35 bits per heavy atom. The Morgan fingerprint density at radius 2 is 1.68 bits per heavy atom. The number of nitrogens with two attached hydrogens (primary N) is 1. The second-order valence-electron chi connectivity index (χ2n) is 7.13. The van der Waals surface area contributed by atoms with E-state index in [-0.39, 0.29) is 31.0 Å². The minimum Gasteiger partial charge on any atom is -0.460 e. The number of hydrogen-bond acceptors (Lipinski definition) is 6. The summed E-state index contributed by atoms with van der Waals surface area (Å²) in [4.78, 5) is 27.3. The summed E-state index contributed by atoms with van der Waals surface area (Å²) < 4.78 is 25.3. The molecule has 1 saturated heterocycles. The topological polar surface area (TPSA) is 109 Å². The number of carbonyl (C=O) groups excluding carboxylic acids is 2. The van der Waals surface area contributed by atoms with Crippen LogP contribution in [-0.4, -0.2) is 49.0 Å². The van der Waals surface area contributed by atoms with Crippen molar-refractivity contribution < 1.29 is 23.5 Å². The molecule has 9 heteroatoms. The van der Waals surface area contributed by atoms with Crippen molar-refractivity contribution in [2.45, 2.75) is 19.6 Å². The van der Waals surface area contributed by atoms with E-state index in [2.05, 4.69) is 0 Å². The summed E-state index contributed by atoms with van der Waals surface area (Å²) in [6, 6.07) is 14.3. The number of carbonyl (C=O) groups is 2. The van der Waals surface area contributed by atoms with E-state index in [0.29, 0.717) is 31.9 Å². The molecule has 2 aromatic carbocycles. The number of rotatable bonds is 7. The van der Waals surface area contributed by atoms with E-state index in [9.17, 15) is 14.0 Å². The fourth-order valence-electron chi connectivity index (χ4n) is 3.23. The monoisotopic (exact) mass is 428 g/mol. The van der Waals surface area contributed by atoms with E-state index in [1.807, 2.05) is 35.2 Å². The third-order valence-electron chi connectivity index (χ3n) is 4.87. The number of anilines is 1. The molecular weight excluding hydrogens is 403 g/mol. The van der Waals surface area contributed by atoms with Crippen molar-refractivity contribution in [2.75, 3.05) is 31.1 Å². The van der Waals surface area contributed by atoms with Crippen LogP contribution in [0.15, 0.2) is 48.5 Å². The molecule has 164 valence electrons. The van der Waals surface area contributed by atoms with Crippen LogP contribution in [0.3, 0.4) is 0 Å². The molecule has 0 atom stereocenters. The van der Waals surface area contributed by atoms with E-state index in [4.69, 9.17) is 20.6 Å². The Balaban J connectivity index is 1.52. The predicted octanol–water partition coefficient (Wildman–Crippen LogP) is 2.65. The molecule has 0 unspecified atom stereocenters. The average molecular weight is 428 g/mol. The number of hydrogen-bond donors (Lipinski definition) is 2. The van der Waals surface area contributed by atoms with Gasteiger partial charge in [0.2, 0.25) is 0 Å². The van der Waals surface area contributed by atoms with Gasteiger partial charge in [-0.05, 0) is 11.6 Å². The van der Waals surface area contributed by atoms with Gasteiger partial charge in [0.25, 0.3) is 0 Å². The first-order valence-electron chi connectivity index (χ1n) is 9.90. The van der Waals surface area contributed by atoms with Crippen molar-refractivity contribution in [3.05, 3.63) is 65.5 Å². The third kappa shape index (κ3) is 6.18. The van der Waals surface area contributed by atoms with Crippen molar-refractivity contribution in [1.29, 1.82) is 5.41 Å². The maximum Gasteiger partial charge on any atom is 0.410 e. The molecule has 0 bridgehead atoms. The molecule has 0 radical (unpaired) electrons. The second kappa shape index (κ2) is 10.4. The number of esters is 1. The van der Waals surface area contributed by atoms with Crippen molar-refractivity contribution in [1.82, 2.24) is 4.90 Å². The lowest BCUT2D eigenvalue weighted by Crippen LogP contribution is -2.49. The molecule has 1 fully saturated rings. The number of benzene rings is 2. The molecule has 3 N–H and O–H groups in total. The number of halogens is 1. The van der Waals surface area contributed by atoms with Gasteiger partial charge in [0.1, 0.15) is 25.5 Å². The SMILES string of the molecule is N=C(N)CC(=O)OCc1cccc(N2CCN(C(=O)OCc3ccccc3)CC2)c1F. The van der Waals surface area contributed by atoms with Crippen LogP contribution in [0, 0.1) is 11.2 Å². The summed E-state index contributed by atoms with van der Waals surface area (Å²) in [6.45, 7) is 1.68. The molecule has 1 heterocycles. The summed E-state index contributed by atoms with van der Waals surface area (Å²) in [7, 11) is 0. The number of amides is 1. The van der Waals surface area contributed by atoms with E-state index in [1.165, 1.54) is 6.07 Å². The van der Waals surface area contributed by atoms with Crippen LogP contribution in [0.1, 0.15) is 17.5 Å². The van der Waals surface area contributed by atoms with Crippen molar-refractivity contribution >= 4 is 23.6 Å². The molecule has 3 rings (SSSR count).